The van der Waals surface area contributed by atoms with E-state index in [1.165, 1.54) is 18.3 Å². The summed E-state index contributed by atoms with van der Waals surface area (Å²) in [6.45, 7) is 2.70. The molecule has 0 aromatic carbocycles. The Bertz CT molecular complexity index is 285. The van der Waals surface area contributed by atoms with Crippen molar-refractivity contribution in [3.05, 3.63) is 18.3 Å². The van der Waals surface area contributed by atoms with Crippen molar-refractivity contribution in [3.63, 3.8) is 0 Å². The van der Waals surface area contributed by atoms with Crippen LogP contribution < -0.4 is 10.1 Å². The van der Waals surface area contributed by atoms with E-state index in [0.717, 1.165) is 0 Å². The van der Waals surface area contributed by atoms with Gasteiger partial charge >= 0.3 is 6.18 Å². The number of ether oxygens (including phenoxy) is 1. The molecule has 0 unspecified atom stereocenters. The van der Waals surface area contributed by atoms with E-state index in [1.807, 2.05) is 13.8 Å². The van der Waals surface area contributed by atoms with Gasteiger partial charge in [-0.25, -0.2) is 4.98 Å². The molecule has 0 spiro atoms. The predicted octanol–water partition coefficient (Wildman–Crippen LogP) is 3.09. The minimum Gasteiger partial charge on any atom is -0.483 e. The molecule has 16 heavy (non-hydrogen) atoms. The standard InChI is InChI=1S/C8H9F3N2O.C2H6/c1-12-7-3-2-6(4-13-7)14-5-8(9,10)11;1-2/h2-4H,5H2,1H3,(H,12,13);1-2H3. The zero-order chi connectivity index (χ0) is 12.6. The maximum Gasteiger partial charge on any atom is 0.422 e. The third-order valence-corrected chi connectivity index (χ3v) is 1.39. The molecule has 1 N–H and O–H groups in total. The van der Waals surface area contributed by atoms with Crippen LogP contribution in [0.3, 0.4) is 0 Å². The maximum atomic E-state index is 11.7. The molecule has 0 bridgehead atoms. The van der Waals surface area contributed by atoms with E-state index in [2.05, 4.69) is 15.0 Å². The number of hydrogen-bond acceptors (Lipinski definition) is 3. The van der Waals surface area contributed by atoms with Crippen LogP contribution in [0.25, 0.3) is 0 Å². The van der Waals surface area contributed by atoms with Crippen LogP contribution in [0.5, 0.6) is 5.75 Å². The van der Waals surface area contributed by atoms with Gasteiger partial charge in [0.25, 0.3) is 0 Å². The topological polar surface area (TPSA) is 34.1 Å². The van der Waals surface area contributed by atoms with Crippen LogP contribution >= 0.6 is 0 Å². The van der Waals surface area contributed by atoms with Crippen LogP contribution in [0.1, 0.15) is 13.8 Å². The average molecular weight is 236 g/mol. The van der Waals surface area contributed by atoms with Crippen molar-refractivity contribution in [2.24, 2.45) is 0 Å². The Morgan fingerprint density at radius 1 is 1.31 bits per heavy atom. The Labute approximate surface area is 92.6 Å². The molecular formula is C10H15F3N2O. The zero-order valence-corrected chi connectivity index (χ0v) is 9.43. The van der Waals surface area contributed by atoms with Gasteiger partial charge in [0.05, 0.1) is 6.20 Å². The van der Waals surface area contributed by atoms with Gasteiger partial charge in [-0.15, -0.1) is 0 Å². The molecule has 1 rings (SSSR count). The van der Waals surface area contributed by atoms with Gasteiger partial charge in [0.1, 0.15) is 11.6 Å². The Morgan fingerprint density at radius 3 is 2.31 bits per heavy atom. The normalized spacial score (nSPS) is 10.1. The Hall–Kier alpha value is -1.46. The summed E-state index contributed by atoms with van der Waals surface area (Å²) in [4.78, 5) is 3.79. The van der Waals surface area contributed by atoms with E-state index >= 15 is 0 Å². The number of alkyl halides is 3. The average Bonchev–Trinajstić information content (AvgIpc) is 2.29. The molecule has 0 saturated carbocycles. The molecule has 0 amide bonds. The van der Waals surface area contributed by atoms with Crippen molar-refractivity contribution in [1.82, 2.24) is 4.98 Å². The number of aromatic nitrogens is 1. The predicted molar refractivity (Wildman–Crippen MR) is 56.7 cm³/mol. The number of rotatable bonds is 3. The molecule has 92 valence electrons. The molecule has 1 aromatic heterocycles. The quantitative estimate of drug-likeness (QED) is 0.875. The molecule has 0 fully saturated rings. The summed E-state index contributed by atoms with van der Waals surface area (Å²) < 4.78 is 39.6. The molecular weight excluding hydrogens is 221 g/mol. The molecule has 0 atom stereocenters. The monoisotopic (exact) mass is 236 g/mol. The van der Waals surface area contributed by atoms with E-state index in [0.29, 0.717) is 5.82 Å². The first-order valence-electron chi connectivity index (χ1n) is 4.84. The number of pyridine rings is 1. The van der Waals surface area contributed by atoms with Crippen LogP contribution in [0.4, 0.5) is 19.0 Å². The molecule has 3 nitrogen and oxygen atoms in total. The fraction of sp³-hybridized carbons (Fsp3) is 0.500. The lowest BCUT2D eigenvalue weighted by Crippen LogP contribution is -2.19. The van der Waals surface area contributed by atoms with Gasteiger partial charge in [-0.05, 0) is 12.1 Å². The fourth-order valence-electron chi connectivity index (χ4n) is 0.779. The molecule has 1 heterocycles. The second kappa shape index (κ2) is 6.92. The number of anilines is 1. The number of nitrogens with zero attached hydrogens (tertiary/aromatic N) is 1. The van der Waals surface area contributed by atoms with Gasteiger partial charge in [0.15, 0.2) is 6.61 Å². The van der Waals surface area contributed by atoms with E-state index in [-0.39, 0.29) is 5.75 Å². The molecule has 0 saturated heterocycles. The summed E-state index contributed by atoms with van der Waals surface area (Å²) in [6.07, 6.45) is -3.08. The van der Waals surface area contributed by atoms with E-state index < -0.39 is 12.8 Å². The highest BCUT2D eigenvalue weighted by Gasteiger charge is 2.28. The van der Waals surface area contributed by atoms with Crippen LogP contribution in [-0.2, 0) is 0 Å². The smallest absolute Gasteiger partial charge is 0.422 e. The van der Waals surface area contributed by atoms with Crippen LogP contribution in [0, 0.1) is 0 Å². The lowest BCUT2D eigenvalue weighted by molar-refractivity contribution is -0.153. The third kappa shape index (κ3) is 6.10. The summed E-state index contributed by atoms with van der Waals surface area (Å²) >= 11 is 0. The largest absolute Gasteiger partial charge is 0.483 e. The van der Waals surface area contributed by atoms with Gasteiger partial charge in [-0.3, -0.25) is 0 Å². The number of nitrogens with one attached hydrogen (secondary N) is 1. The number of halogens is 3. The number of hydrogen-bond donors (Lipinski definition) is 1. The summed E-state index contributed by atoms with van der Waals surface area (Å²) in [6, 6.07) is 2.95. The first-order valence-corrected chi connectivity index (χ1v) is 4.84. The minimum absolute atomic E-state index is 0.0984. The van der Waals surface area contributed by atoms with E-state index in [9.17, 15) is 13.2 Å². The highest BCUT2D eigenvalue weighted by atomic mass is 19.4. The van der Waals surface area contributed by atoms with Crippen LogP contribution in [0.15, 0.2) is 18.3 Å². The second-order valence-corrected chi connectivity index (χ2v) is 2.53. The van der Waals surface area contributed by atoms with Crippen LogP contribution in [0.2, 0.25) is 0 Å². The molecule has 0 aliphatic carbocycles. The van der Waals surface area contributed by atoms with Crippen molar-refractivity contribution in [1.29, 1.82) is 0 Å². The van der Waals surface area contributed by atoms with Gasteiger partial charge in [0.2, 0.25) is 0 Å². The van der Waals surface area contributed by atoms with Gasteiger partial charge in [-0.1, -0.05) is 13.8 Å². The molecule has 0 aliphatic heterocycles. The van der Waals surface area contributed by atoms with Crippen molar-refractivity contribution < 1.29 is 17.9 Å². The van der Waals surface area contributed by atoms with Gasteiger partial charge < -0.3 is 10.1 Å². The lowest BCUT2D eigenvalue weighted by atomic mass is 10.4. The Kier molecular flexibility index (Phi) is 6.29. The summed E-state index contributed by atoms with van der Waals surface area (Å²) in [5.74, 6) is 0.672. The first kappa shape index (κ1) is 14.5. The van der Waals surface area contributed by atoms with Crippen LogP contribution in [-0.4, -0.2) is 24.8 Å². The van der Waals surface area contributed by atoms with E-state index in [4.69, 9.17) is 0 Å². The van der Waals surface area contributed by atoms with Crippen molar-refractivity contribution in [3.8, 4) is 5.75 Å². The molecule has 6 heteroatoms. The van der Waals surface area contributed by atoms with Gasteiger partial charge in [0, 0.05) is 7.05 Å². The highest BCUT2D eigenvalue weighted by Crippen LogP contribution is 2.18. The molecule has 0 aliphatic rings. The molecule has 0 radical (unpaired) electrons. The second-order valence-electron chi connectivity index (χ2n) is 2.53. The third-order valence-electron chi connectivity index (χ3n) is 1.39. The van der Waals surface area contributed by atoms with Gasteiger partial charge in [-0.2, -0.15) is 13.2 Å². The maximum absolute atomic E-state index is 11.7. The minimum atomic E-state index is -4.32. The first-order chi connectivity index (χ1) is 7.51. The Balaban J connectivity index is 0.00000106. The van der Waals surface area contributed by atoms with Crippen molar-refractivity contribution in [2.45, 2.75) is 20.0 Å². The summed E-state index contributed by atoms with van der Waals surface area (Å²) in [7, 11) is 1.67. The van der Waals surface area contributed by atoms with Crippen molar-refractivity contribution in [2.75, 3.05) is 19.0 Å². The molecule has 1 aromatic rings. The zero-order valence-electron chi connectivity index (χ0n) is 9.43. The fourth-order valence-corrected chi connectivity index (χ4v) is 0.779. The lowest BCUT2D eigenvalue weighted by Gasteiger charge is -2.08. The van der Waals surface area contributed by atoms with E-state index in [1.54, 1.807) is 7.05 Å². The SMILES string of the molecule is CC.CNc1ccc(OCC(F)(F)F)cn1. The summed E-state index contributed by atoms with van der Waals surface area (Å²) in [5.41, 5.74) is 0. The summed E-state index contributed by atoms with van der Waals surface area (Å²) in [5, 5.41) is 2.74. The Morgan fingerprint density at radius 2 is 1.94 bits per heavy atom. The van der Waals surface area contributed by atoms with Crippen molar-refractivity contribution >= 4 is 5.82 Å². The highest BCUT2D eigenvalue weighted by molar-refractivity contribution is 5.36.